The molecule has 1 aromatic carbocycles. The molecule has 5 nitrogen and oxygen atoms in total. The molecule has 1 aliphatic heterocycles. The van der Waals surface area contributed by atoms with Crippen LogP contribution in [0.4, 0.5) is 0 Å². The van der Waals surface area contributed by atoms with Crippen molar-refractivity contribution in [1.29, 1.82) is 0 Å². The molecule has 0 saturated carbocycles. The fraction of sp³-hybridized carbons (Fsp3) is 0.312. The van der Waals surface area contributed by atoms with E-state index >= 15 is 0 Å². The monoisotopic (exact) mass is 353 g/mol. The molecule has 0 amide bonds. The molecule has 2 atom stereocenters. The maximum absolute atomic E-state index is 11.0. The van der Waals surface area contributed by atoms with E-state index in [2.05, 4.69) is 5.32 Å². The zero-order chi connectivity index (χ0) is 16.4. The van der Waals surface area contributed by atoms with Crippen molar-refractivity contribution in [3.63, 3.8) is 0 Å². The lowest BCUT2D eigenvalue weighted by Gasteiger charge is -2.08. The van der Waals surface area contributed by atoms with Crippen LogP contribution in [0.25, 0.3) is 0 Å². The molecule has 0 bridgehead atoms. The number of nitrogens with one attached hydrogen (secondary N) is 1. The van der Waals surface area contributed by atoms with Crippen molar-refractivity contribution in [2.45, 2.75) is 24.9 Å². The molecular weight excluding hydrogens is 338 g/mol. The second kappa shape index (κ2) is 6.86. The summed E-state index contributed by atoms with van der Waals surface area (Å²) in [4.78, 5) is 11.0. The average molecular weight is 354 g/mol. The van der Waals surface area contributed by atoms with E-state index in [4.69, 9.17) is 25.9 Å². The smallest absolute Gasteiger partial charge is 0.321 e. The van der Waals surface area contributed by atoms with Gasteiger partial charge in [0.2, 0.25) is 0 Å². The van der Waals surface area contributed by atoms with Gasteiger partial charge in [-0.15, -0.1) is 11.8 Å². The second-order valence-electron chi connectivity index (χ2n) is 5.27. The van der Waals surface area contributed by atoms with Gasteiger partial charge < -0.3 is 14.3 Å². The summed E-state index contributed by atoms with van der Waals surface area (Å²) in [6.07, 6.45) is 0. The number of benzene rings is 1. The van der Waals surface area contributed by atoms with E-state index in [1.54, 1.807) is 6.07 Å². The summed E-state index contributed by atoms with van der Waals surface area (Å²) in [5.74, 6) is 1.81. The second-order valence-corrected chi connectivity index (χ2v) is 6.82. The summed E-state index contributed by atoms with van der Waals surface area (Å²) in [6.45, 7) is 2.23. The predicted molar refractivity (Wildman–Crippen MR) is 89.0 cm³/mol. The van der Waals surface area contributed by atoms with Gasteiger partial charge in [-0.1, -0.05) is 11.6 Å². The quantitative estimate of drug-likeness (QED) is 0.855. The molecule has 2 heterocycles. The van der Waals surface area contributed by atoms with Gasteiger partial charge >= 0.3 is 5.97 Å². The molecule has 23 heavy (non-hydrogen) atoms. The zero-order valence-electron chi connectivity index (χ0n) is 12.4. The molecule has 1 saturated heterocycles. The number of halogens is 1. The Hall–Kier alpha value is -1.63. The molecule has 3 rings (SSSR count). The summed E-state index contributed by atoms with van der Waals surface area (Å²) in [5, 5.41) is 12.6. The van der Waals surface area contributed by atoms with Crippen LogP contribution in [0.5, 0.6) is 5.75 Å². The fourth-order valence-corrected chi connectivity index (χ4v) is 3.55. The van der Waals surface area contributed by atoms with Crippen molar-refractivity contribution in [1.82, 2.24) is 5.32 Å². The third-order valence-electron chi connectivity index (χ3n) is 3.53. The number of carboxylic acid groups (broad SMARTS) is 1. The Bertz CT molecular complexity index is 718. The Morgan fingerprint density at radius 1 is 1.48 bits per heavy atom. The Morgan fingerprint density at radius 2 is 2.30 bits per heavy atom. The highest BCUT2D eigenvalue weighted by atomic mass is 35.5. The largest absolute Gasteiger partial charge is 0.486 e. The number of hydrogen-bond donors (Lipinski definition) is 2. The van der Waals surface area contributed by atoms with Gasteiger partial charge in [0.1, 0.15) is 35.3 Å². The minimum Gasteiger partial charge on any atom is -0.486 e. The van der Waals surface area contributed by atoms with E-state index in [1.807, 2.05) is 31.2 Å². The first-order valence-electron chi connectivity index (χ1n) is 7.11. The minimum atomic E-state index is -0.840. The van der Waals surface area contributed by atoms with Gasteiger partial charge in [-0.25, -0.2) is 0 Å². The number of aliphatic carboxylic acids is 1. The predicted octanol–water partition coefficient (Wildman–Crippen LogP) is 3.61. The van der Waals surface area contributed by atoms with Crippen LogP contribution in [0, 0.1) is 6.92 Å². The Balaban J connectivity index is 1.59. The standard InChI is InChI=1S/C16H16ClNO4S/c1-9-6-10(2-4-12(9)17)21-7-11-3-5-14(22-11)15-18-13(8-23-15)16(19)20/h2-6,13,15,18H,7-8H2,1H3,(H,19,20)/t13-,15+/m1/s1. The lowest BCUT2D eigenvalue weighted by molar-refractivity contribution is -0.138. The van der Waals surface area contributed by atoms with Crippen LogP contribution in [0.2, 0.25) is 5.02 Å². The number of ether oxygens (including phenoxy) is 1. The van der Waals surface area contributed by atoms with Gasteiger partial charge in [-0.05, 0) is 42.8 Å². The van der Waals surface area contributed by atoms with E-state index < -0.39 is 12.0 Å². The topological polar surface area (TPSA) is 71.7 Å². The first-order valence-corrected chi connectivity index (χ1v) is 8.53. The summed E-state index contributed by atoms with van der Waals surface area (Å²) < 4.78 is 11.4. The molecule has 0 aliphatic carbocycles. The van der Waals surface area contributed by atoms with Crippen molar-refractivity contribution in [3.8, 4) is 5.75 Å². The summed E-state index contributed by atoms with van der Waals surface area (Å²) in [6, 6.07) is 8.63. The van der Waals surface area contributed by atoms with Gasteiger partial charge in [0.05, 0.1) is 0 Å². The third kappa shape index (κ3) is 3.83. The number of aryl methyl sites for hydroxylation is 1. The van der Waals surface area contributed by atoms with Crippen LogP contribution in [-0.4, -0.2) is 22.9 Å². The van der Waals surface area contributed by atoms with Crippen molar-refractivity contribution >= 4 is 29.3 Å². The first-order chi connectivity index (χ1) is 11.0. The van der Waals surface area contributed by atoms with Crippen LogP contribution in [-0.2, 0) is 11.4 Å². The highest BCUT2D eigenvalue weighted by Gasteiger charge is 2.32. The Labute approximate surface area is 143 Å². The maximum atomic E-state index is 11.0. The first kappa shape index (κ1) is 16.2. The lowest BCUT2D eigenvalue weighted by Crippen LogP contribution is -2.33. The minimum absolute atomic E-state index is 0.136. The van der Waals surface area contributed by atoms with E-state index in [-0.39, 0.29) is 5.37 Å². The van der Waals surface area contributed by atoms with Crippen molar-refractivity contribution in [2.75, 3.05) is 5.75 Å². The van der Waals surface area contributed by atoms with Crippen LogP contribution < -0.4 is 10.1 Å². The SMILES string of the molecule is Cc1cc(OCc2ccc([C@H]3N[C@@H](C(=O)O)CS3)o2)ccc1Cl. The molecule has 122 valence electrons. The average Bonchev–Trinajstić information content (AvgIpc) is 3.16. The van der Waals surface area contributed by atoms with Gasteiger partial charge in [0.25, 0.3) is 0 Å². The molecule has 0 unspecified atom stereocenters. The normalized spacial score (nSPS) is 20.6. The van der Waals surface area contributed by atoms with Crippen molar-refractivity contribution < 1.29 is 19.1 Å². The van der Waals surface area contributed by atoms with Gasteiger partial charge in [0.15, 0.2) is 0 Å². The van der Waals surface area contributed by atoms with Gasteiger partial charge in [0, 0.05) is 10.8 Å². The highest BCUT2D eigenvalue weighted by Crippen LogP contribution is 2.34. The Kier molecular flexibility index (Phi) is 4.84. The van der Waals surface area contributed by atoms with E-state index in [0.29, 0.717) is 28.9 Å². The molecule has 0 spiro atoms. The number of carboxylic acids is 1. The lowest BCUT2D eigenvalue weighted by atomic mass is 10.2. The summed E-state index contributed by atoms with van der Waals surface area (Å²) in [5.41, 5.74) is 0.954. The Morgan fingerprint density at radius 3 is 3.00 bits per heavy atom. The molecule has 7 heteroatoms. The number of rotatable bonds is 5. The number of hydrogen-bond acceptors (Lipinski definition) is 5. The van der Waals surface area contributed by atoms with Crippen LogP contribution >= 0.6 is 23.4 Å². The van der Waals surface area contributed by atoms with Gasteiger partial charge in [-0.3, -0.25) is 10.1 Å². The van der Waals surface area contributed by atoms with Crippen molar-refractivity contribution in [3.05, 3.63) is 52.4 Å². The molecular formula is C16H16ClNO4S. The van der Waals surface area contributed by atoms with Gasteiger partial charge in [-0.2, -0.15) is 0 Å². The highest BCUT2D eigenvalue weighted by molar-refractivity contribution is 7.99. The summed E-state index contributed by atoms with van der Waals surface area (Å²) in [7, 11) is 0. The van der Waals surface area contributed by atoms with Crippen LogP contribution in [0.15, 0.2) is 34.7 Å². The zero-order valence-corrected chi connectivity index (χ0v) is 14.0. The molecule has 2 N–H and O–H groups in total. The molecule has 0 radical (unpaired) electrons. The molecule has 1 fully saturated rings. The number of thioether (sulfide) groups is 1. The van der Waals surface area contributed by atoms with E-state index in [1.165, 1.54) is 11.8 Å². The fourth-order valence-electron chi connectivity index (χ4n) is 2.25. The van der Waals surface area contributed by atoms with Crippen LogP contribution in [0.3, 0.4) is 0 Å². The molecule has 2 aromatic rings. The maximum Gasteiger partial charge on any atom is 0.321 e. The van der Waals surface area contributed by atoms with E-state index in [0.717, 1.165) is 11.3 Å². The molecule has 1 aromatic heterocycles. The molecule has 1 aliphatic rings. The van der Waals surface area contributed by atoms with Crippen LogP contribution in [0.1, 0.15) is 22.5 Å². The number of furan rings is 1. The summed E-state index contributed by atoms with van der Waals surface area (Å²) >= 11 is 7.50. The number of carbonyl (C=O) groups is 1. The van der Waals surface area contributed by atoms with Crippen molar-refractivity contribution in [2.24, 2.45) is 0 Å². The third-order valence-corrected chi connectivity index (χ3v) is 5.18. The van der Waals surface area contributed by atoms with E-state index in [9.17, 15) is 4.79 Å².